The quantitative estimate of drug-likeness (QED) is 0.314. The SMILES string of the molecule is [2H]B([3H])CSO[C@@H]1CC(C)=C[C@H](C=C)[C@H]1OC(C)=O. The molecule has 0 aromatic rings. The molecule has 0 aliphatic heterocycles. The van der Waals surface area contributed by atoms with Crippen LogP contribution in [0.1, 0.15) is 20.3 Å². The molecule has 0 spiro atoms. The number of carbonyl (C=O) groups is 1. The fourth-order valence-corrected chi connectivity index (χ4v) is 2.37. The highest BCUT2D eigenvalue weighted by Crippen LogP contribution is 2.31. The number of ether oxygens (including phenoxy) is 1. The lowest BCUT2D eigenvalue weighted by atomic mass is 9.86. The molecule has 0 bridgehead atoms. The molecule has 5 heteroatoms. The van der Waals surface area contributed by atoms with Crippen LogP contribution in [0, 0.1) is 5.92 Å². The van der Waals surface area contributed by atoms with Crippen LogP contribution >= 0.6 is 12.0 Å². The highest BCUT2D eigenvalue weighted by atomic mass is 32.2. The second-order valence-corrected chi connectivity index (χ2v) is 4.78. The van der Waals surface area contributed by atoms with Gasteiger partial charge < -0.3 is 8.92 Å². The first-order valence-corrected chi connectivity index (χ1v) is 6.45. The molecule has 0 N–H and O–H groups in total. The summed E-state index contributed by atoms with van der Waals surface area (Å²) >= 11 is 1.09. The third kappa shape index (κ3) is 4.24. The maximum Gasteiger partial charge on any atom is 0.303 e. The number of esters is 1. The van der Waals surface area contributed by atoms with Gasteiger partial charge in [0.05, 0.1) is 0 Å². The molecule has 0 saturated carbocycles. The van der Waals surface area contributed by atoms with Crippen molar-refractivity contribution in [3.8, 4) is 0 Å². The van der Waals surface area contributed by atoms with Crippen LogP contribution in [0.2, 0.25) is 0 Å². The van der Waals surface area contributed by atoms with Gasteiger partial charge in [-0.15, -0.1) is 6.58 Å². The van der Waals surface area contributed by atoms with Gasteiger partial charge in [-0.25, -0.2) is 0 Å². The van der Waals surface area contributed by atoms with Crippen molar-refractivity contribution in [2.75, 3.05) is 5.65 Å². The summed E-state index contributed by atoms with van der Waals surface area (Å²) in [4.78, 5) is 11.2. The van der Waals surface area contributed by atoms with Crippen LogP contribution < -0.4 is 0 Å². The van der Waals surface area contributed by atoms with Gasteiger partial charge in [0.15, 0.2) is 0 Å². The summed E-state index contributed by atoms with van der Waals surface area (Å²) in [5.74, 6) is -0.409. The number of hydrogen-bond acceptors (Lipinski definition) is 4. The second-order valence-electron chi connectivity index (χ2n) is 4.02. The van der Waals surface area contributed by atoms with Crippen molar-refractivity contribution >= 4 is 25.8 Å². The zero-order chi connectivity index (χ0) is 14.4. The summed E-state index contributed by atoms with van der Waals surface area (Å²) in [6.07, 6.45) is 3.80. The molecule has 3 atom stereocenters. The van der Waals surface area contributed by atoms with Crippen LogP contribution in [0.4, 0.5) is 0 Å². The molecule has 1 rings (SSSR count). The van der Waals surface area contributed by atoms with Gasteiger partial charge in [0.25, 0.3) is 0 Å². The average molecular weight is 257 g/mol. The van der Waals surface area contributed by atoms with Crippen LogP contribution in [0.15, 0.2) is 24.3 Å². The second kappa shape index (κ2) is 6.92. The molecule has 0 unspecified atom stereocenters. The summed E-state index contributed by atoms with van der Waals surface area (Å²) in [6, 6.07) is 0. The number of hydrogen-bond donors (Lipinski definition) is 0. The minimum absolute atomic E-state index is 0.0638. The molecule has 1 aliphatic rings. The summed E-state index contributed by atoms with van der Waals surface area (Å²) in [7, 11) is -0.924. The Morgan fingerprint density at radius 3 is 3.35 bits per heavy atom. The fourth-order valence-electron chi connectivity index (χ4n) is 1.94. The van der Waals surface area contributed by atoms with Gasteiger partial charge in [-0.3, -0.25) is 4.79 Å². The smallest absolute Gasteiger partial charge is 0.303 e. The van der Waals surface area contributed by atoms with E-state index in [-0.39, 0.29) is 29.7 Å². The molecule has 0 aromatic carbocycles. The van der Waals surface area contributed by atoms with Gasteiger partial charge in [-0.2, -0.15) is 0 Å². The Labute approximate surface area is 111 Å². The van der Waals surface area contributed by atoms with E-state index in [1.54, 1.807) is 6.08 Å². The van der Waals surface area contributed by atoms with E-state index in [0.717, 1.165) is 17.6 Å². The summed E-state index contributed by atoms with van der Waals surface area (Å²) in [5, 5.41) is 0. The van der Waals surface area contributed by atoms with E-state index in [1.807, 2.05) is 13.0 Å². The largest absolute Gasteiger partial charge is 0.459 e. The van der Waals surface area contributed by atoms with Crippen molar-refractivity contribution in [3.05, 3.63) is 24.3 Å². The van der Waals surface area contributed by atoms with E-state index in [4.69, 9.17) is 11.6 Å². The zero-order valence-electron chi connectivity index (χ0n) is 12.2. The van der Waals surface area contributed by atoms with E-state index in [2.05, 4.69) is 6.58 Å². The lowest BCUT2D eigenvalue weighted by molar-refractivity contribution is -0.153. The summed E-state index contributed by atoms with van der Waals surface area (Å²) < 4.78 is 25.2. The maximum absolute atomic E-state index is 11.2. The molecule has 0 radical (unpaired) electrons. The Bertz CT molecular complexity index is 363. The normalized spacial score (nSPS) is 29.8. The lowest BCUT2D eigenvalue weighted by Gasteiger charge is -2.33. The molecular weight excluding hydrogens is 235 g/mol. The minimum atomic E-state index is -0.924. The number of carbonyl (C=O) groups excluding carboxylic acids is 1. The van der Waals surface area contributed by atoms with Gasteiger partial charge >= 0.3 is 5.97 Å². The third-order valence-electron chi connectivity index (χ3n) is 2.58. The van der Waals surface area contributed by atoms with Crippen molar-refractivity contribution in [2.45, 2.75) is 32.5 Å². The first-order chi connectivity index (χ1) is 8.93. The van der Waals surface area contributed by atoms with E-state index < -0.39 is 7.77 Å². The highest BCUT2D eigenvalue weighted by Gasteiger charge is 2.34. The number of rotatable bonds is 6. The van der Waals surface area contributed by atoms with Crippen molar-refractivity contribution < 1.29 is 13.7 Å². The fraction of sp³-hybridized carbons (Fsp3) is 0.583. The summed E-state index contributed by atoms with van der Waals surface area (Å²) in [5.41, 5.74) is 1.43. The van der Waals surface area contributed by atoms with Crippen molar-refractivity contribution in [2.24, 2.45) is 5.92 Å². The zero-order valence-corrected chi connectivity index (χ0v) is 11.0. The molecule has 94 valence electrons. The van der Waals surface area contributed by atoms with Crippen molar-refractivity contribution in [3.63, 3.8) is 0 Å². The molecule has 0 heterocycles. The summed E-state index contributed by atoms with van der Waals surface area (Å²) in [6.45, 7) is 7.13. The Morgan fingerprint density at radius 1 is 2.00 bits per heavy atom. The Morgan fingerprint density at radius 2 is 2.76 bits per heavy atom. The van der Waals surface area contributed by atoms with E-state index >= 15 is 0 Å². The van der Waals surface area contributed by atoms with Crippen LogP contribution in [0.25, 0.3) is 0 Å². The molecule has 3 nitrogen and oxygen atoms in total. The predicted molar refractivity (Wildman–Crippen MR) is 73.5 cm³/mol. The van der Waals surface area contributed by atoms with Gasteiger partial charge in [0.1, 0.15) is 20.0 Å². The first-order valence-electron chi connectivity index (χ1n) is 6.69. The van der Waals surface area contributed by atoms with Crippen molar-refractivity contribution in [1.82, 2.24) is 0 Å². The van der Waals surface area contributed by atoms with E-state index in [9.17, 15) is 4.79 Å². The molecule has 0 aromatic heterocycles. The Kier molecular flexibility index (Phi) is 4.64. The first kappa shape index (κ1) is 11.4. The van der Waals surface area contributed by atoms with E-state index in [0.29, 0.717) is 6.42 Å². The predicted octanol–water partition coefficient (Wildman–Crippen LogP) is 1.69. The average Bonchev–Trinajstić information content (AvgIpc) is 2.31. The Balaban J connectivity index is 2.70. The Hall–Kier alpha value is -0.675. The molecule has 0 fully saturated rings. The van der Waals surface area contributed by atoms with Gasteiger partial charge in [-0.05, 0) is 33.7 Å². The molecule has 17 heavy (non-hydrogen) atoms. The van der Waals surface area contributed by atoms with Crippen LogP contribution in [-0.2, 0) is 13.7 Å². The monoisotopic (exact) mass is 257 g/mol. The van der Waals surface area contributed by atoms with Gasteiger partial charge in [0.2, 0.25) is 0 Å². The third-order valence-corrected chi connectivity index (χ3v) is 3.10. The van der Waals surface area contributed by atoms with Crippen LogP contribution in [0.5, 0.6) is 0 Å². The van der Waals surface area contributed by atoms with Crippen molar-refractivity contribution in [1.29, 1.82) is 2.67 Å². The van der Waals surface area contributed by atoms with Crippen LogP contribution in [-0.4, -0.2) is 34.3 Å². The van der Waals surface area contributed by atoms with Crippen LogP contribution in [0.3, 0.4) is 0 Å². The standard InChI is InChI=1S/C12H19BO3S/c1-4-10-5-8(2)6-11(16-17-7-13)12(10)15-9(3)14/h4-5,10-12H,1,6-7,13H2,2-3H3/t10-,11+,12+/m0/s1/i13TD. The lowest BCUT2D eigenvalue weighted by Crippen LogP contribution is -2.39. The highest BCUT2D eigenvalue weighted by molar-refractivity contribution is 7.95. The minimum Gasteiger partial charge on any atom is -0.459 e. The van der Waals surface area contributed by atoms with Gasteiger partial charge in [-0.1, -0.05) is 17.7 Å². The van der Waals surface area contributed by atoms with Gasteiger partial charge in [0, 0.05) is 12.8 Å². The molecular formula is C12H19BO3S. The van der Waals surface area contributed by atoms with E-state index in [1.165, 1.54) is 6.92 Å². The maximum atomic E-state index is 11.2. The molecule has 0 saturated heterocycles. The molecule has 0 amide bonds. The topological polar surface area (TPSA) is 35.5 Å². The molecule has 1 aliphatic carbocycles.